The Balaban J connectivity index is 3.67. The molecule has 0 saturated heterocycles. The molecule has 52 valence electrons. The number of nitrogens with one attached hydrogen (secondary N) is 1. The van der Waals surface area contributed by atoms with Crippen LogP contribution in [0.3, 0.4) is 0 Å². The Morgan fingerprint density at radius 3 is 2.67 bits per heavy atom. The Morgan fingerprint density at radius 1 is 2.00 bits per heavy atom. The lowest BCUT2D eigenvalue weighted by Gasteiger charge is -2.04. The summed E-state index contributed by atoms with van der Waals surface area (Å²) in [6.45, 7) is 5.06. The van der Waals surface area contributed by atoms with Crippen molar-refractivity contribution in [2.45, 2.75) is 19.5 Å². The zero-order valence-corrected chi connectivity index (χ0v) is 5.33. The first kappa shape index (κ1) is 7.94. The van der Waals surface area contributed by atoms with Crippen molar-refractivity contribution in [3.63, 3.8) is 0 Å². The van der Waals surface area contributed by atoms with Gasteiger partial charge in [0.25, 0.3) is 6.17 Å². The van der Waals surface area contributed by atoms with Crippen molar-refractivity contribution in [1.82, 2.24) is 5.32 Å². The van der Waals surface area contributed by atoms with Gasteiger partial charge in [-0.15, -0.1) is 0 Å². The molecule has 0 bridgehead atoms. The van der Waals surface area contributed by atoms with Crippen molar-refractivity contribution < 1.29 is 4.92 Å². The number of rotatable bonds is 4. The van der Waals surface area contributed by atoms with Gasteiger partial charge < -0.3 is 5.32 Å². The molecular weight excluding hydrogens is 120 g/mol. The first-order valence-electron chi connectivity index (χ1n) is 2.72. The van der Waals surface area contributed by atoms with E-state index < -0.39 is 6.17 Å². The van der Waals surface area contributed by atoms with Gasteiger partial charge in [0, 0.05) is 11.3 Å². The zero-order valence-electron chi connectivity index (χ0n) is 5.33. The third-order valence-electron chi connectivity index (χ3n) is 0.951. The molecule has 0 fully saturated rings. The first-order valence-corrected chi connectivity index (χ1v) is 2.72. The molecular formula is C5H10N2O2. The predicted molar refractivity (Wildman–Crippen MR) is 34.4 cm³/mol. The average molecular weight is 130 g/mol. The van der Waals surface area contributed by atoms with Gasteiger partial charge in [-0.05, 0) is 6.20 Å². The molecule has 0 aliphatic rings. The maximum atomic E-state index is 10.0. The van der Waals surface area contributed by atoms with Crippen molar-refractivity contribution in [2.75, 3.05) is 0 Å². The van der Waals surface area contributed by atoms with Gasteiger partial charge in [-0.2, -0.15) is 0 Å². The van der Waals surface area contributed by atoms with Crippen LogP contribution >= 0.6 is 0 Å². The Bertz CT molecular complexity index is 114. The molecule has 0 aromatic heterocycles. The van der Waals surface area contributed by atoms with Gasteiger partial charge in [-0.1, -0.05) is 13.5 Å². The molecule has 1 N–H and O–H groups in total. The highest BCUT2D eigenvalue weighted by Crippen LogP contribution is 1.89. The van der Waals surface area contributed by atoms with Crippen molar-refractivity contribution >= 4 is 0 Å². The van der Waals surface area contributed by atoms with Gasteiger partial charge in [-0.25, -0.2) is 0 Å². The summed E-state index contributed by atoms with van der Waals surface area (Å²) in [5, 5.41) is 12.5. The Labute approximate surface area is 53.7 Å². The van der Waals surface area contributed by atoms with Crippen molar-refractivity contribution in [1.29, 1.82) is 0 Å². The van der Waals surface area contributed by atoms with Gasteiger partial charge in [0.05, 0.1) is 0 Å². The van der Waals surface area contributed by atoms with E-state index in [1.807, 2.05) is 0 Å². The fraction of sp³-hybridized carbons (Fsp3) is 0.600. The minimum Gasteiger partial charge on any atom is -0.331 e. The summed E-state index contributed by atoms with van der Waals surface area (Å²) in [6, 6.07) is 0. The van der Waals surface area contributed by atoms with Gasteiger partial charge >= 0.3 is 0 Å². The lowest BCUT2D eigenvalue weighted by Crippen LogP contribution is -2.31. The molecule has 0 saturated carbocycles. The van der Waals surface area contributed by atoms with Crippen LogP contribution in [0.1, 0.15) is 13.3 Å². The minimum atomic E-state index is -0.678. The number of nitrogens with zero attached hydrogens (tertiary/aromatic N) is 1. The molecule has 0 aliphatic carbocycles. The molecule has 4 heteroatoms. The minimum absolute atomic E-state index is 0.373. The molecule has 0 aromatic rings. The average Bonchev–Trinajstić information content (AvgIpc) is 1.82. The smallest absolute Gasteiger partial charge is 0.284 e. The van der Waals surface area contributed by atoms with Crippen LogP contribution in [0, 0.1) is 10.1 Å². The van der Waals surface area contributed by atoms with E-state index in [0.29, 0.717) is 6.42 Å². The van der Waals surface area contributed by atoms with Crippen LogP contribution in [0.15, 0.2) is 12.8 Å². The molecule has 0 aromatic carbocycles. The quantitative estimate of drug-likeness (QED) is 0.347. The van der Waals surface area contributed by atoms with E-state index in [9.17, 15) is 10.1 Å². The molecule has 4 nitrogen and oxygen atoms in total. The van der Waals surface area contributed by atoms with Crippen LogP contribution in [0.5, 0.6) is 0 Å². The van der Waals surface area contributed by atoms with E-state index in [4.69, 9.17) is 0 Å². The summed E-state index contributed by atoms with van der Waals surface area (Å²) in [7, 11) is 0. The van der Waals surface area contributed by atoms with Gasteiger partial charge in [0.1, 0.15) is 0 Å². The topological polar surface area (TPSA) is 55.2 Å². The van der Waals surface area contributed by atoms with Gasteiger partial charge in [-0.3, -0.25) is 10.1 Å². The highest BCUT2D eigenvalue weighted by Gasteiger charge is 2.12. The van der Waals surface area contributed by atoms with E-state index in [2.05, 4.69) is 11.9 Å². The molecule has 0 aliphatic heterocycles. The molecule has 1 atom stereocenters. The first-order chi connectivity index (χ1) is 4.22. The lowest BCUT2D eigenvalue weighted by molar-refractivity contribution is -0.527. The number of hydrogen-bond acceptors (Lipinski definition) is 3. The van der Waals surface area contributed by atoms with Gasteiger partial charge in [0.15, 0.2) is 0 Å². The van der Waals surface area contributed by atoms with Crippen LogP contribution < -0.4 is 5.32 Å². The monoisotopic (exact) mass is 130 g/mol. The Kier molecular flexibility index (Phi) is 3.43. The predicted octanol–water partition coefficient (Wildman–Crippen LogP) is 0.732. The van der Waals surface area contributed by atoms with Crippen LogP contribution in [0.25, 0.3) is 0 Å². The van der Waals surface area contributed by atoms with E-state index >= 15 is 0 Å². The van der Waals surface area contributed by atoms with Crippen LogP contribution in [-0.2, 0) is 0 Å². The maximum absolute atomic E-state index is 10.0. The molecule has 0 radical (unpaired) electrons. The molecule has 0 spiro atoms. The van der Waals surface area contributed by atoms with Crippen molar-refractivity contribution in [2.24, 2.45) is 0 Å². The van der Waals surface area contributed by atoms with E-state index in [0.717, 1.165) is 0 Å². The molecule has 0 rings (SSSR count). The molecule has 0 amide bonds. The third-order valence-corrected chi connectivity index (χ3v) is 0.951. The zero-order chi connectivity index (χ0) is 7.28. The van der Waals surface area contributed by atoms with Crippen LogP contribution in [-0.4, -0.2) is 11.1 Å². The second-order valence-corrected chi connectivity index (χ2v) is 1.58. The Morgan fingerprint density at radius 2 is 2.56 bits per heavy atom. The Hall–Kier alpha value is -1.06. The maximum Gasteiger partial charge on any atom is 0.284 e. The summed E-state index contributed by atoms with van der Waals surface area (Å²) >= 11 is 0. The van der Waals surface area contributed by atoms with Crippen LogP contribution in [0.2, 0.25) is 0 Å². The summed E-state index contributed by atoms with van der Waals surface area (Å²) in [5.74, 6) is 0. The summed E-state index contributed by atoms with van der Waals surface area (Å²) in [6.07, 6.45) is 1.12. The summed E-state index contributed by atoms with van der Waals surface area (Å²) < 4.78 is 0. The third kappa shape index (κ3) is 2.69. The van der Waals surface area contributed by atoms with E-state index in [-0.39, 0.29) is 4.92 Å². The van der Waals surface area contributed by atoms with Crippen LogP contribution in [0.4, 0.5) is 0 Å². The highest BCUT2D eigenvalue weighted by atomic mass is 16.6. The summed E-state index contributed by atoms with van der Waals surface area (Å²) in [5.41, 5.74) is 0. The number of hydrogen-bond donors (Lipinski definition) is 1. The largest absolute Gasteiger partial charge is 0.331 e. The molecule has 1 unspecified atom stereocenters. The fourth-order valence-corrected chi connectivity index (χ4v) is 0.464. The molecule has 0 heterocycles. The van der Waals surface area contributed by atoms with E-state index in [1.165, 1.54) is 6.20 Å². The second-order valence-electron chi connectivity index (χ2n) is 1.58. The normalized spacial score (nSPS) is 12.1. The van der Waals surface area contributed by atoms with Crippen molar-refractivity contribution in [3.8, 4) is 0 Å². The lowest BCUT2D eigenvalue weighted by atomic mass is 10.4. The standard InChI is InChI=1S/C5H10N2O2/c1-3-5(6-4-2)7(8)9/h4-6H,2-3H2,1H3. The van der Waals surface area contributed by atoms with E-state index in [1.54, 1.807) is 6.92 Å². The SMILES string of the molecule is C=CNC(CC)[N+](=O)[O-]. The highest BCUT2D eigenvalue weighted by molar-refractivity contribution is 4.64. The fourth-order valence-electron chi connectivity index (χ4n) is 0.464. The second kappa shape index (κ2) is 3.88. The summed E-state index contributed by atoms with van der Waals surface area (Å²) in [4.78, 5) is 9.64. The molecule has 9 heavy (non-hydrogen) atoms. The van der Waals surface area contributed by atoms with Gasteiger partial charge in [0.2, 0.25) is 0 Å². The number of nitro groups is 1. The van der Waals surface area contributed by atoms with Crippen molar-refractivity contribution in [3.05, 3.63) is 22.9 Å².